The van der Waals surface area contributed by atoms with Crippen molar-refractivity contribution in [3.05, 3.63) is 0 Å². The Bertz CT molecular complexity index is 208. The van der Waals surface area contributed by atoms with Gasteiger partial charge in [-0.3, -0.25) is 4.79 Å². The molecule has 4 nitrogen and oxygen atoms in total. The van der Waals surface area contributed by atoms with Gasteiger partial charge >= 0.3 is 0 Å². The Balaban J connectivity index is 1.97. The Hall–Kier alpha value is -0.260. The van der Waals surface area contributed by atoms with Gasteiger partial charge < -0.3 is 15.4 Å². The number of rotatable bonds is 8. The van der Waals surface area contributed by atoms with E-state index in [1.54, 1.807) is 7.11 Å². The molecule has 1 amide bonds. The van der Waals surface area contributed by atoms with Crippen LogP contribution in [-0.2, 0) is 9.53 Å². The summed E-state index contributed by atoms with van der Waals surface area (Å²) in [7, 11) is 1.62. The van der Waals surface area contributed by atoms with Gasteiger partial charge in [0.1, 0.15) is 0 Å². The predicted octanol–water partition coefficient (Wildman–Crippen LogP) is 0.234. The number of amides is 1. The third-order valence-electron chi connectivity index (χ3n) is 2.60. The SMILES string of the molecule is COCCNC(=O)CNCC1(SC)CC1. The maximum Gasteiger partial charge on any atom is 0.234 e. The average molecular weight is 232 g/mol. The quantitative estimate of drug-likeness (QED) is 0.588. The second-order valence-electron chi connectivity index (χ2n) is 3.83. The fraction of sp³-hybridized carbons (Fsp3) is 0.900. The van der Waals surface area contributed by atoms with Crippen molar-refractivity contribution in [2.45, 2.75) is 17.6 Å². The van der Waals surface area contributed by atoms with Gasteiger partial charge in [0, 0.05) is 24.9 Å². The van der Waals surface area contributed by atoms with E-state index in [-0.39, 0.29) is 5.91 Å². The molecule has 88 valence electrons. The van der Waals surface area contributed by atoms with Crippen molar-refractivity contribution in [2.75, 3.05) is 39.6 Å². The molecule has 0 radical (unpaired) electrons. The molecule has 0 aromatic rings. The van der Waals surface area contributed by atoms with Crippen LogP contribution in [0.3, 0.4) is 0 Å². The minimum absolute atomic E-state index is 0.0453. The molecule has 1 aliphatic carbocycles. The molecular formula is C10H20N2O2S. The van der Waals surface area contributed by atoms with Crippen LogP contribution in [0.15, 0.2) is 0 Å². The molecule has 0 bridgehead atoms. The van der Waals surface area contributed by atoms with Gasteiger partial charge in [-0.05, 0) is 19.1 Å². The van der Waals surface area contributed by atoms with Crippen LogP contribution in [0.4, 0.5) is 0 Å². The van der Waals surface area contributed by atoms with Crippen molar-refractivity contribution in [1.82, 2.24) is 10.6 Å². The van der Waals surface area contributed by atoms with Crippen LogP contribution >= 0.6 is 11.8 Å². The van der Waals surface area contributed by atoms with Crippen molar-refractivity contribution in [1.29, 1.82) is 0 Å². The van der Waals surface area contributed by atoms with Crippen LogP contribution in [0.1, 0.15) is 12.8 Å². The minimum atomic E-state index is 0.0453. The topological polar surface area (TPSA) is 50.4 Å². The molecule has 0 spiro atoms. The first-order valence-corrected chi connectivity index (χ1v) is 6.46. The first kappa shape index (κ1) is 12.8. The minimum Gasteiger partial charge on any atom is -0.383 e. The van der Waals surface area contributed by atoms with Gasteiger partial charge in [-0.25, -0.2) is 0 Å². The number of ether oxygens (including phenoxy) is 1. The highest BCUT2D eigenvalue weighted by Gasteiger charge is 2.41. The van der Waals surface area contributed by atoms with Crippen molar-refractivity contribution in [3.63, 3.8) is 0 Å². The number of hydrogen-bond acceptors (Lipinski definition) is 4. The second kappa shape index (κ2) is 6.35. The number of nitrogens with one attached hydrogen (secondary N) is 2. The lowest BCUT2D eigenvalue weighted by molar-refractivity contribution is -0.120. The lowest BCUT2D eigenvalue weighted by Gasteiger charge is -2.12. The Morgan fingerprint density at radius 3 is 2.80 bits per heavy atom. The summed E-state index contributed by atoms with van der Waals surface area (Å²) in [6.45, 7) is 2.50. The zero-order valence-electron chi connectivity index (χ0n) is 9.47. The van der Waals surface area contributed by atoms with Gasteiger partial charge in [0.05, 0.1) is 13.2 Å². The fourth-order valence-electron chi connectivity index (χ4n) is 1.35. The van der Waals surface area contributed by atoms with E-state index in [1.165, 1.54) is 12.8 Å². The number of thioether (sulfide) groups is 1. The molecule has 0 aromatic heterocycles. The van der Waals surface area contributed by atoms with Crippen LogP contribution in [0.25, 0.3) is 0 Å². The van der Waals surface area contributed by atoms with Gasteiger partial charge in [0.2, 0.25) is 5.91 Å². The zero-order chi connectivity index (χ0) is 11.1. The molecule has 0 unspecified atom stereocenters. The van der Waals surface area contributed by atoms with Crippen molar-refractivity contribution in [2.24, 2.45) is 0 Å². The van der Waals surface area contributed by atoms with E-state index in [2.05, 4.69) is 16.9 Å². The van der Waals surface area contributed by atoms with Gasteiger partial charge in [0.25, 0.3) is 0 Å². The lowest BCUT2D eigenvalue weighted by atomic mass is 10.4. The molecule has 0 heterocycles. The molecule has 0 saturated heterocycles. The molecule has 0 atom stereocenters. The van der Waals surface area contributed by atoms with E-state index in [9.17, 15) is 4.79 Å². The maximum atomic E-state index is 11.3. The molecule has 15 heavy (non-hydrogen) atoms. The Labute approximate surface area is 95.5 Å². The fourth-order valence-corrected chi connectivity index (χ4v) is 2.11. The predicted molar refractivity (Wildman–Crippen MR) is 63.2 cm³/mol. The Kier molecular flexibility index (Phi) is 5.42. The van der Waals surface area contributed by atoms with E-state index < -0.39 is 0 Å². The average Bonchev–Trinajstić information content (AvgIpc) is 2.99. The molecule has 1 aliphatic rings. The zero-order valence-corrected chi connectivity index (χ0v) is 10.3. The summed E-state index contributed by atoms with van der Waals surface area (Å²) in [6.07, 6.45) is 4.67. The van der Waals surface area contributed by atoms with Crippen molar-refractivity contribution >= 4 is 17.7 Å². The number of carbonyl (C=O) groups is 1. The van der Waals surface area contributed by atoms with E-state index in [4.69, 9.17) is 4.74 Å². The molecule has 1 rings (SSSR count). The molecule has 2 N–H and O–H groups in total. The largest absolute Gasteiger partial charge is 0.383 e. The molecule has 0 aliphatic heterocycles. The number of carbonyl (C=O) groups excluding carboxylic acids is 1. The molecular weight excluding hydrogens is 212 g/mol. The molecule has 1 fully saturated rings. The van der Waals surface area contributed by atoms with Crippen LogP contribution in [0, 0.1) is 0 Å². The number of methoxy groups -OCH3 is 1. The Morgan fingerprint density at radius 1 is 1.53 bits per heavy atom. The van der Waals surface area contributed by atoms with Gasteiger partial charge in [-0.15, -0.1) is 0 Å². The normalized spacial score (nSPS) is 17.5. The second-order valence-corrected chi connectivity index (χ2v) is 5.11. The van der Waals surface area contributed by atoms with Gasteiger partial charge in [-0.1, -0.05) is 0 Å². The summed E-state index contributed by atoms with van der Waals surface area (Å²) in [4.78, 5) is 11.3. The number of hydrogen-bond donors (Lipinski definition) is 2. The van der Waals surface area contributed by atoms with E-state index >= 15 is 0 Å². The van der Waals surface area contributed by atoms with Gasteiger partial charge in [-0.2, -0.15) is 11.8 Å². The molecule has 1 saturated carbocycles. The van der Waals surface area contributed by atoms with Gasteiger partial charge in [0.15, 0.2) is 0 Å². The van der Waals surface area contributed by atoms with Crippen LogP contribution in [-0.4, -0.2) is 50.3 Å². The lowest BCUT2D eigenvalue weighted by Crippen LogP contribution is -2.38. The summed E-state index contributed by atoms with van der Waals surface area (Å²) < 4.78 is 5.26. The van der Waals surface area contributed by atoms with Crippen molar-refractivity contribution < 1.29 is 9.53 Å². The van der Waals surface area contributed by atoms with Crippen molar-refractivity contribution in [3.8, 4) is 0 Å². The summed E-state index contributed by atoms with van der Waals surface area (Å²) in [5.74, 6) is 0.0453. The third-order valence-corrected chi connectivity index (χ3v) is 4.02. The summed E-state index contributed by atoms with van der Waals surface area (Å²) >= 11 is 1.90. The third kappa shape index (κ3) is 4.86. The highest BCUT2D eigenvalue weighted by atomic mass is 32.2. The molecule has 5 heteroatoms. The highest BCUT2D eigenvalue weighted by molar-refractivity contribution is 8.00. The summed E-state index contributed by atoms with van der Waals surface area (Å²) in [5, 5.41) is 5.97. The summed E-state index contributed by atoms with van der Waals surface area (Å²) in [6, 6.07) is 0. The first-order chi connectivity index (χ1) is 7.22. The summed E-state index contributed by atoms with van der Waals surface area (Å²) in [5.41, 5.74) is 0. The van der Waals surface area contributed by atoms with E-state index in [1.807, 2.05) is 11.8 Å². The smallest absolute Gasteiger partial charge is 0.234 e. The monoisotopic (exact) mass is 232 g/mol. The Morgan fingerprint density at radius 2 is 2.27 bits per heavy atom. The maximum absolute atomic E-state index is 11.3. The van der Waals surface area contributed by atoms with E-state index in [0.717, 1.165) is 6.54 Å². The highest BCUT2D eigenvalue weighted by Crippen LogP contribution is 2.46. The van der Waals surface area contributed by atoms with E-state index in [0.29, 0.717) is 24.4 Å². The first-order valence-electron chi connectivity index (χ1n) is 5.24. The van der Waals surface area contributed by atoms with Crippen LogP contribution < -0.4 is 10.6 Å². The van der Waals surface area contributed by atoms with Crippen LogP contribution in [0.2, 0.25) is 0 Å². The molecule has 0 aromatic carbocycles. The standard InChI is InChI=1S/C10H20N2O2S/c1-14-6-5-12-9(13)7-11-8-10(15-2)3-4-10/h11H,3-8H2,1-2H3,(H,12,13). The van der Waals surface area contributed by atoms with Crippen LogP contribution in [0.5, 0.6) is 0 Å².